The van der Waals surface area contributed by atoms with Crippen LogP contribution in [0.5, 0.6) is 0 Å². The van der Waals surface area contributed by atoms with Gasteiger partial charge in [0.15, 0.2) is 0 Å². The fourth-order valence-electron chi connectivity index (χ4n) is 5.16. The van der Waals surface area contributed by atoms with Crippen molar-refractivity contribution < 1.29 is 14.4 Å². The minimum atomic E-state index is -0.646. The standard InChI is InChI=1S/C30H30ClN3O3.2C4H11N/c1-2-14-30(29(35)36)15-17-34(18-16-30)20-21-8-10-23(11-9-21)27-32-28(37-33-27)24-12-13-25(26(31)19-24)22-6-4-3-5-7-22;2*1-4(2,3)5/h3-13,19H,2,14-18,20H2,1H3,(H,35,36);2*5H2,1-3H3. The molecule has 2 heterocycles. The summed E-state index contributed by atoms with van der Waals surface area (Å²) in [6, 6.07) is 23.9. The SMILES string of the molecule is CC(C)(C)N.CC(C)(C)N.CCCC1(C(=O)O)CCN(Cc2ccc(-c3noc(-c4ccc(-c5ccccc5)c(Cl)c4)n3)cc2)CC1. The average molecular weight is 662 g/mol. The van der Waals surface area contributed by atoms with Crippen molar-refractivity contribution in [2.45, 2.75) is 91.8 Å². The number of likely N-dealkylation sites (tertiary alicyclic amines) is 1. The number of aliphatic carboxylic acids is 1. The van der Waals surface area contributed by atoms with Gasteiger partial charge in [-0.05, 0) is 97.2 Å². The van der Waals surface area contributed by atoms with Crippen LogP contribution in [0.4, 0.5) is 0 Å². The zero-order chi connectivity index (χ0) is 34.8. The lowest BCUT2D eigenvalue weighted by molar-refractivity contribution is -0.152. The summed E-state index contributed by atoms with van der Waals surface area (Å²) >= 11 is 6.56. The Balaban J connectivity index is 0.000000526. The number of hydrogen-bond acceptors (Lipinski definition) is 7. The zero-order valence-corrected chi connectivity index (χ0v) is 29.8. The topological polar surface area (TPSA) is 132 Å². The van der Waals surface area contributed by atoms with Crippen LogP contribution in [-0.4, -0.2) is 50.3 Å². The summed E-state index contributed by atoms with van der Waals surface area (Å²) in [4.78, 5) is 18.8. The number of carbonyl (C=O) groups is 1. The van der Waals surface area contributed by atoms with Crippen LogP contribution in [0.3, 0.4) is 0 Å². The van der Waals surface area contributed by atoms with Gasteiger partial charge in [-0.15, -0.1) is 0 Å². The van der Waals surface area contributed by atoms with Gasteiger partial charge < -0.3 is 21.1 Å². The molecule has 9 heteroatoms. The molecule has 8 nitrogen and oxygen atoms in total. The molecule has 4 aromatic rings. The van der Waals surface area contributed by atoms with Crippen LogP contribution in [0.15, 0.2) is 77.3 Å². The molecular weight excluding hydrogens is 610 g/mol. The fourth-order valence-corrected chi connectivity index (χ4v) is 5.45. The van der Waals surface area contributed by atoms with Gasteiger partial charge in [0.2, 0.25) is 5.82 Å². The number of carboxylic acids is 1. The first-order valence-corrected chi connectivity index (χ1v) is 16.7. The van der Waals surface area contributed by atoms with Gasteiger partial charge in [0.05, 0.1) is 5.41 Å². The minimum absolute atomic E-state index is 0. The van der Waals surface area contributed by atoms with Gasteiger partial charge in [-0.2, -0.15) is 4.98 Å². The predicted molar refractivity (Wildman–Crippen MR) is 193 cm³/mol. The van der Waals surface area contributed by atoms with Crippen molar-refractivity contribution in [1.82, 2.24) is 15.0 Å². The molecule has 0 atom stereocenters. The Bertz CT molecular complexity index is 1520. The number of carboxylic acid groups (broad SMARTS) is 1. The van der Waals surface area contributed by atoms with Gasteiger partial charge in [0, 0.05) is 39.3 Å². The van der Waals surface area contributed by atoms with Crippen molar-refractivity contribution in [1.29, 1.82) is 0 Å². The smallest absolute Gasteiger partial charge is 0.309 e. The maximum Gasteiger partial charge on any atom is 0.309 e. The molecule has 0 amide bonds. The third kappa shape index (κ3) is 12.5. The Morgan fingerprint density at radius 3 is 1.96 bits per heavy atom. The number of benzene rings is 3. The van der Waals surface area contributed by atoms with Gasteiger partial charge in [-0.1, -0.05) is 90.8 Å². The molecule has 5 rings (SSSR count). The molecule has 1 aliphatic heterocycles. The first-order chi connectivity index (χ1) is 22.0. The van der Waals surface area contributed by atoms with Crippen LogP contribution in [0.1, 0.15) is 79.7 Å². The molecule has 0 aliphatic carbocycles. The van der Waals surface area contributed by atoms with E-state index < -0.39 is 11.4 Å². The number of hydrogen-bond donors (Lipinski definition) is 3. The highest BCUT2D eigenvalue weighted by Crippen LogP contribution is 2.37. The number of nitrogens with zero attached hydrogens (tertiary/aromatic N) is 3. The van der Waals surface area contributed by atoms with Crippen molar-refractivity contribution in [2.75, 3.05) is 13.1 Å². The molecule has 0 unspecified atom stereocenters. The highest BCUT2D eigenvalue weighted by atomic mass is 35.5. The molecule has 0 bridgehead atoms. The maximum absolute atomic E-state index is 11.8. The average Bonchev–Trinajstić information content (AvgIpc) is 3.48. The molecule has 1 aromatic heterocycles. The van der Waals surface area contributed by atoms with Gasteiger partial charge >= 0.3 is 5.97 Å². The molecule has 5 N–H and O–H groups in total. The Kier molecular flexibility index (Phi) is 13.3. The quantitative estimate of drug-likeness (QED) is 0.171. The van der Waals surface area contributed by atoms with Crippen LogP contribution in [0.2, 0.25) is 5.02 Å². The van der Waals surface area contributed by atoms with E-state index in [2.05, 4.69) is 34.1 Å². The predicted octanol–water partition coefficient (Wildman–Crippen LogP) is 8.68. The molecule has 0 saturated carbocycles. The summed E-state index contributed by atoms with van der Waals surface area (Å²) in [6.45, 7) is 16.2. The number of aromatic nitrogens is 2. The van der Waals surface area contributed by atoms with E-state index in [9.17, 15) is 9.90 Å². The van der Waals surface area contributed by atoms with Crippen LogP contribution < -0.4 is 11.5 Å². The van der Waals surface area contributed by atoms with E-state index in [1.54, 1.807) is 0 Å². The molecule has 1 fully saturated rings. The Morgan fingerprint density at radius 2 is 1.45 bits per heavy atom. The summed E-state index contributed by atoms with van der Waals surface area (Å²) in [6.07, 6.45) is 3.06. The van der Waals surface area contributed by atoms with E-state index in [1.165, 1.54) is 5.56 Å². The Hall–Kier alpha value is -3.56. The van der Waals surface area contributed by atoms with Crippen LogP contribution in [-0.2, 0) is 11.3 Å². The van der Waals surface area contributed by atoms with E-state index in [0.29, 0.717) is 29.6 Å². The van der Waals surface area contributed by atoms with E-state index in [4.69, 9.17) is 27.6 Å². The molecule has 0 spiro atoms. The molecule has 1 aliphatic rings. The third-order valence-electron chi connectivity index (χ3n) is 7.34. The van der Waals surface area contributed by atoms with E-state index in [0.717, 1.165) is 54.7 Å². The second-order valence-corrected chi connectivity index (χ2v) is 14.9. The minimum Gasteiger partial charge on any atom is -0.481 e. The lowest BCUT2D eigenvalue weighted by Crippen LogP contribution is -2.44. The van der Waals surface area contributed by atoms with E-state index in [1.807, 2.05) is 102 Å². The fraction of sp³-hybridized carbons (Fsp3) is 0.447. The second-order valence-electron chi connectivity index (χ2n) is 14.5. The summed E-state index contributed by atoms with van der Waals surface area (Å²) in [5.74, 6) is 0.295. The highest BCUT2D eigenvalue weighted by Gasteiger charge is 2.40. The summed E-state index contributed by atoms with van der Waals surface area (Å²) < 4.78 is 5.54. The highest BCUT2D eigenvalue weighted by molar-refractivity contribution is 6.33. The van der Waals surface area contributed by atoms with E-state index >= 15 is 0 Å². The molecule has 1 saturated heterocycles. The zero-order valence-electron chi connectivity index (χ0n) is 29.0. The monoisotopic (exact) mass is 661 g/mol. The molecular formula is C38H52ClN5O3. The van der Waals surface area contributed by atoms with Crippen molar-refractivity contribution in [3.8, 4) is 34.0 Å². The van der Waals surface area contributed by atoms with Crippen molar-refractivity contribution in [3.05, 3.63) is 83.4 Å². The van der Waals surface area contributed by atoms with Crippen LogP contribution >= 0.6 is 11.6 Å². The van der Waals surface area contributed by atoms with E-state index in [-0.39, 0.29) is 11.1 Å². The van der Waals surface area contributed by atoms with Gasteiger partial charge in [0.25, 0.3) is 5.89 Å². The Labute approximate surface area is 285 Å². The normalized spacial score (nSPS) is 14.8. The molecule has 0 radical (unpaired) electrons. The summed E-state index contributed by atoms with van der Waals surface area (Å²) in [5, 5.41) is 14.5. The van der Waals surface area contributed by atoms with Gasteiger partial charge in [-0.25, -0.2) is 0 Å². The van der Waals surface area contributed by atoms with Crippen LogP contribution in [0.25, 0.3) is 34.0 Å². The number of rotatable bonds is 8. The number of piperidine rings is 1. The molecule has 3 aromatic carbocycles. The lowest BCUT2D eigenvalue weighted by Gasteiger charge is -2.38. The lowest BCUT2D eigenvalue weighted by atomic mass is 9.75. The Morgan fingerprint density at radius 1 is 0.894 bits per heavy atom. The maximum atomic E-state index is 11.8. The molecule has 47 heavy (non-hydrogen) atoms. The molecule has 254 valence electrons. The number of halogens is 1. The van der Waals surface area contributed by atoms with Gasteiger partial charge in [0.1, 0.15) is 0 Å². The summed E-state index contributed by atoms with van der Waals surface area (Å²) in [7, 11) is 0. The van der Waals surface area contributed by atoms with Crippen molar-refractivity contribution >= 4 is 17.6 Å². The second kappa shape index (κ2) is 16.5. The van der Waals surface area contributed by atoms with Gasteiger partial charge in [-0.3, -0.25) is 9.69 Å². The van der Waals surface area contributed by atoms with Crippen molar-refractivity contribution in [3.63, 3.8) is 0 Å². The largest absolute Gasteiger partial charge is 0.481 e. The van der Waals surface area contributed by atoms with Crippen LogP contribution in [0, 0.1) is 5.41 Å². The summed E-state index contributed by atoms with van der Waals surface area (Å²) in [5.41, 5.74) is 15.0. The first kappa shape index (κ1) is 37.9. The third-order valence-corrected chi connectivity index (χ3v) is 7.65. The first-order valence-electron chi connectivity index (χ1n) is 16.3. The number of nitrogens with two attached hydrogens (primary N) is 2. The van der Waals surface area contributed by atoms with Crippen molar-refractivity contribution in [2.24, 2.45) is 16.9 Å².